The number of thiophene rings is 1. The van der Waals surface area contributed by atoms with Crippen molar-refractivity contribution in [2.75, 3.05) is 6.54 Å². The summed E-state index contributed by atoms with van der Waals surface area (Å²) in [6.07, 6.45) is 3.51. The third-order valence-corrected chi connectivity index (χ3v) is 2.71. The first-order chi connectivity index (χ1) is 6.34. The summed E-state index contributed by atoms with van der Waals surface area (Å²) in [5, 5.41) is 5.01. The van der Waals surface area contributed by atoms with Gasteiger partial charge < -0.3 is 4.90 Å². The molecule has 0 bridgehead atoms. The van der Waals surface area contributed by atoms with Gasteiger partial charge in [-0.15, -0.1) is 0 Å². The zero-order valence-electron chi connectivity index (χ0n) is 6.98. The molecule has 13 heavy (non-hydrogen) atoms. The van der Waals surface area contributed by atoms with E-state index in [4.69, 9.17) is 11.6 Å². The summed E-state index contributed by atoms with van der Waals surface area (Å²) >= 11 is 7.57. The van der Waals surface area contributed by atoms with Gasteiger partial charge in [0.2, 0.25) is 0 Å². The molecule has 2 rings (SSSR count). The minimum Gasteiger partial charge on any atom is -0.353 e. The summed E-state index contributed by atoms with van der Waals surface area (Å²) in [7, 11) is 0. The second-order valence-electron chi connectivity index (χ2n) is 2.88. The van der Waals surface area contributed by atoms with Gasteiger partial charge in [-0.1, -0.05) is 11.6 Å². The number of rotatable bonds is 2. The molecular weight excluding hydrogens is 204 g/mol. The summed E-state index contributed by atoms with van der Waals surface area (Å²) in [5.74, 6) is 0. The normalized spacial score (nSPS) is 16.1. The van der Waals surface area contributed by atoms with Gasteiger partial charge in [-0.3, -0.25) is 0 Å². The molecule has 1 aliphatic rings. The van der Waals surface area contributed by atoms with Crippen LogP contribution >= 0.6 is 22.9 Å². The van der Waals surface area contributed by atoms with E-state index in [1.165, 1.54) is 5.56 Å². The lowest BCUT2D eigenvalue weighted by Crippen LogP contribution is -2.24. The molecule has 0 saturated carbocycles. The molecule has 0 N–H and O–H groups in total. The van der Waals surface area contributed by atoms with E-state index in [9.17, 15) is 0 Å². The van der Waals surface area contributed by atoms with E-state index in [1.807, 2.05) is 6.34 Å². The van der Waals surface area contributed by atoms with Crippen LogP contribution in [0.2, 0.25) is 0 Å². The van der Waals surface area contributed by atoms with E-state index < -0.39 is 0 Å². The van der Waals surface area contributed by atoms with Crippen LogP contribution < -0.4 is 0 Å². The quantitative estimate of drug-likeness (QED) is 0.736. The number of halogens is 1. The molecule has 68 valence electrons. The molecule has 2 heterocycles. The molecule has 0 amide bonds. The lowest BCUT2D eigenvalue weighted by molar-refractivity contribution is 0.462. The summed E-state index contributed by atoms with van der Waals surface area (Å²) in [6.45, 7) is 1.65. The zero-order valence-corrected chi connectivity index (χ0v) is 8.55. The van der Waals surface area contributed by atoms with Gasteiger partial charge in [-0.2, -0.15) is 11.3 Å². The van der Waals surface area contributed by atoms with Crippen LogP contribution in [0.15, 0.2) is 33.1 Å². The summed E-state index contributed by atoms with van der Waals surface area (Å²) in [4.78, 5) is 6.12. The fraction of sp³-hybridized carbons (Fsp3) is 0.222. The Labute approximate surface area is 86.2 Å². The summed E-state index contributed by atoms with van der Waals surface area (Å²) < 4.78 is 0. The van der Waals surface area contributed by atoms with Crippen LogP contribution in [0.4, 0.5) is 0 Å². The first kappa shape index (κ1) is 8.78. The largest absolute Gasteiger partial charge is 0.353 e. The number of nitrogens with zero attached hydrogens (tertiary/aromatic N) is 2. The lowest BCUT2D eigenvalue weighted by atomic mass is 10.3. The van der Waals surface area contributed by atoms with Gasteiger partial charge in [0.15, 0.2) is 0 Å². The number of hydrogen-bond donors (Lipinski definition) is 0. The Hall–Kier alpha value is -0.800. The van der Waals surface area contributed by atoms with E-state index >= 15 is 0 Å². The Bertz CT molecular complexity index is 329. The first-order valence-electron chi connectivity index (χ1n) is 3.97. The molecule has 4 heteroatoms. The van der Waals surface area contributed by atoms with Crippen LogP contribution in [0.3, 0.4) is 0 Å². The van der Waals surface area contributed by atoms with Gasteiger partial charge in [0.25, 0.3) is 0 Å². The summed E-state index contributed by atoms with van der Waals surface area (Å²) in [6, 6.07) is 2.12. The van der Waals surface area contributed by atoms with Gasteiger partial charge in [0, 0.05) is 12.7 Å². The van der Waals surface area contributed by atoms with Gasteiger partial charge in [-0.25, -0.2) is 4.99 Å². The van der Waals surface area contributed by atoms with Crippen molar-refractivity contribution in [3.8, 4) is 0 Å². The van der Waals surface area contributed by atoms with Gasteiger partial charge in [0.1, 0.15) is 0 Å². The maximum Gasteiger partial charge on any atom is 0.0911 e. The molecule has 0 saturated heterocycles. The van der Waals surface area contributed by atoms with Gasteiger partial charge in [0.05, 0.1) is 17.9 Å². The van der Waals surface area contributed by atoms with Gasteiger partial charge >= 0.3 is 0 Å². The van der Waals surface area contributed by atoms with E-state index in [1.54, 1.807) is 17.5 Å². The highest BCUT2D eigenvalue weighted by molar-refractivity contribution is 7.07. The van der Waals surface area contributed by atoms with Crippen molar-refractivity contribution < 1.29 is 0 Å². The molecule has 1 aromatic heterocycles. The van der Waals surface area contributed by atoms with Crippen molar-refractivity contribution in [2.24, 2.45) is 4.99 Å². The molecule has 0 fully saturated rings. The fourth-order valence-corrected chi connectivity index (χ4v) is 2.07. The van der Waals surface area contributed by atoms with Gasteiger partial charge in [-0.05, 0) is 22.4 Å². The molecule has 0 atom stereocenters. The Morgan fingerprint density at radius 1 is 1.62 bits per heavy atom. The predicted octanol–water partition coefficient (Wildman–Crippen LogP) is 2.67. The first-order valence-corrected chi connectivity index (χ1v) is 5.29. The van der Waals surface area contributed by atoms with Crippen molar-refractivity contribution >= 4 is 29.3 Å². The Morgan fingerprint density at radius 3 is 3.23 bits per heavy atom. The highest BCUT2D eigenvalue weighted by Crippen LogP contribution is 2.13. The minimum absolute atomic E-state index is 0.765. The average Bonchev–Trinajstić information content (AvgIpc) is 2.57. The molecule has 1 aromatic rings. The van der Waals surface area contributed by atoms with Crippen molar-refractivity contribution in [3.05, 3.63) is 33.6 Å². The van der Waals surface area contributed by atoms with Crippen molar-refractivity contribution in [1.82, 2.24) is 4.90 Å². The molecule has 1 aliphatic heterocycles. The van der Waals surface area contributed by atoms with Crippen LogP contribution in [0, 0.1) is 0 Å². The van der Waals surface area contributed by atoms with E-state index in [2.05, 4.69) is 26.7 Å². The SMILES string of the molecule is ClC1=CN=CN(Cc2ccsc2)C1. The minimum atomic E-state index is 0.765. The maximum atomic E-state index is 5.86. The van der Waals surface area contributed by atoms with E-state index in [0.717, 1.165) is 18.1 Å². The second-order valence-corrected chi connectivity index (χ2v) is 4.14. The molecule has 0 spiro atoms. The molecule has 0 aliphatic carbocycles. The third-order valence-electron chi connectivity index (χ3n) is 1.76. The van der Waals surface area contributed by atoms with Crippen LogP contribution in [-0.2, 0) is 6.54 Å². The van der Waals surface area contributed by atoms with Crippen molar-refractivity contribution in [1.29, 1.82) is 0 Å². The summed E-state index contributed by atoms with van der Waals surface area (Å²) in [5.41, 5.74) is 1.31. The zero-order chi connectivity index (χ0) is 9.10. The second kappa shape index (κ2) is 3.94. The Kier molecular flexibility index (Phi) is 2.66. The third kappa shape index (κ3) is 2.32. The van der Waals surface area contributed by atoms with Crippen LogP contribution in [-0.4, -0.2) is 17.8 Å². The van der Waals surface area contributed by atoms with Crippen molar-refractivity contribution in [2.45, 2.75) is 6.54 Å². The topological polar surface area (TPSA) is 15.6 Å². The van der Waals surface area contributed by atoms with E-state index in [-0.39, 0.29) is 0 Å². The monoisotopic (exact) mass is 212 g/mol. The molecular formula is C9H9ClN2S. The highest BCUT2D eigenvalue weighted by atomic mass is 35.5. The smallest absolute Gasteiger partial charge is 0.0911 e. The molecule has 0 unspecified atom stereocenters. The highest BCUT2D eigenvalue weighted by Gasteiger charge is 2.06. The van der Waals surface area contributed by atoms with Crippen LogP contribution in [0.5, 0.6) is 0 Å². The number of hydrogen-bond acceptors (Lipinski definition) is 3. The molecule has 0 aromatic carbocycles. The van der Waals surface area contributed by atoms with Crippen LogP contribution in [0.25, 0.3) is 0 Å². The standard InChI is InChI=1S/C9H9ClN2S/c10-9-3-11-7-12(5-9)4-8-1-2-13-6-8/h1-3,6-7H,4-5H2. The maximum absolute atomic E-state index is 5.86. The molecule has 0 radical (unpaired) electrons. The Balaban J connectivity index is 1.98. The predicted molar refractivity (Wildman–Crippen MR) is 57.2 cm³/mol. The number of aliphatic imine (C=N–C) groups is 1. The lowest BCUT2D eigenvalue weighted by Gasteiger charge is -2.20. The average molecular weight is 213 g/mol. The Morgan fingerprint density at radius 2 is 2.54 bits per heavy atom. The van der Waals surface area contributed by atoms with Crippen LogP contribution in [0.1, 0.15) is 5.56 Å². The molecule has 2 nitrogen and oxygen atoms in total. The fourth-order valence-electron chi connectivity index (χ4n) is 1.20. The van der Waals surface area contributed by atoms with Crippen molar-refractivity contribution in [3.63, 3.8) is 0 Å². The van der Waals surface area contributed by atoms with E-state index in [0.29, 0.717) is 0 Å².